The maximum Gasteiger partial charge on any atom is 0.117 e. The third kappa shape index (κ3) is 3.35. The molecule has 1 atom stereocenters. The number of hydrogen-bond acceptors (Lipinski definition) is 3. The van der Waals surface area contributed by atoms with E-state index in [0.29, 0.717) is 6.04 Å². The van der Waals surface area contributed by atoms with E-state index in [1.165, 1.54) is 25.8 Å². The summed E-state index contributed by atoms with van der Waals surface area (Å²) in [5.74, 6) is 1.08. The van der Waals surface area contributed by atoms with Gasteiger partial charge in [0.25, 0.3) is 0 Å². The number of nitrogens with one attached hydrogen (secondary N) is 1. The van der Waals surface area contributed by atoms with Gasteiger partial charge in [-0.1, -0.05) is 6.92 Å². The van der Waals surface area contributed by atoms with Crippen molar-refractivity contribution >= 4 is 0 Å². The third-order valence-corrected chi connectivity index (χ3v) is 3.14. The molecule has 0 saturated carbocycles. The van der Waals surface area contributed by atoms with Crippen molar-refractivity contribution < 1.29 is 4.42 Å². The molecule has 1 aliphatic rings. The molecule has 1 unspecified atom stereocenters. The van der Waals surface area contributed by atoms with Crippen LogP contribution in [-0.4, -0.2) is 30.6 Å². The fourth-order valence-corrected chi connectivity index (χ4v) is 2.40. The van der Waals surface area contributed by atoms with Crippen LogP contribution in [0.3, 0.4) is 0 Å². The van der Waals surface area contributed by atoms with Gasteiger partial charge < -0.3 is 9.73 Å². The summed E-state index contributed by atoms with van der Waals surface area (Å²) >= 11 is 0. The Hall–Kier alpha value is -0.800. The first-order chi connectivity index (χ1) is 7.88. The summed E-state index contributed by atoms with van der Waals surface area (Å²) in [5.41, 5.74) is 0. The Bertz CT molecular complexity index is 278. The standard InChI is InChI=1S/C13H22N2O/c1-2-8-15(10-12-5-3-7-14-12)11-13-6-4-9-16-13/h4,6,9,12,14H,2-3,5,7-8,10-11H2,1H3. The van der Waals surface area contributed by atoms with Gasteiger partial charge in [-0.3, -0.25) is 4.90 Å². The second-order valence-electron chi connectivity index (χ2n) is 4.61. The van der Waals surface area contributed by atoms with Crippen LogP contribution >= 0.6 is 0 Å². The average Bonchev–Trinajstić information content (AvgIpc) is 2.91. The van der Waals surface area contributed by atoms with Crippen LogP contribution in [0.4, 0.5) is 0 Å². The van der Waals surface area contributed by atoms with Crippen molar-refractivity contribution in [1.29, 1.82) is 0 Å². The molecule has 0 radical (unpaired) electrons. The molecule has 1 fully saturated rings. The predicted molar refractivity (Wildman–Crippen MR) is 65.3 cm³/mol. The second-order valence-corrected chi connectivity index (χ2v) is 4.61. The molecule has 90 valence electrons. The molecule has 2 rings (SSSR count). The molecule has 0 amide bonds. The van der Waals surface area contributed by atoms with Gasteiger partial charge in [0.05, 0.1) is 12.8 Å². The predicted octanol–water partition coefficient (Wildman–Crippen LogP) is 2.24. The number of rotatable bonds is 6. The second kappa shape index (κ2) is 6.06. The molecule has 1 N–H and O–H groups in total. The van der Waals surface area contributed by atoms with Crippen molar-refractivity contribution in [3.05, 3.63) is 24.2 Å². The fraction of sp³-hybridized carbons (Fsp3) is 0.692. The van der Waals surface area contributed by atoms with Gasteiger partial charge in [0.2, 0.25) is 0 Å². The summed E-state index contributed by atoms with van der Waals surface area (Å²) in [7, 11) is 0. The van der Waals surface area contributed by atoms with E-state index >= 15 is 0 Å². The number of nitrogens with zero attached hydrogens (tertiary/aromatic N) is 1. The minimum absolute atomic E-state index is 0.682. The molecule has 1 aromatic rings. The molecule has 0 aliphatic carbocycles. The summed E-state index contributed by atoms with van der Waals surface area (Å²) in [4.78, 5) is 2.49. The van der Waals surface area contributed by atoms with Gasteiger partial charge in [0.15, 0.2) is 0 Å². The number of hydrogen-bond donors (Lipinski definition) is 1. The van der Waals surface area contributed by atoms with E-state index in [-0.39, 0.29) is 0 Å². The lowest BCUT2D eigenvalue weighted by atomic mass is 10.2. The molecular formula is C13H22N2O. The van der Waals surface area contributed by atoms with Crippen LogP contribution in [0.2, 0.25) is 0 Å². The van der Waals surface area contributed by atoms with Crippen LogP contribution in [0.1, 0.15) is 31.9 Å². The Morgan fingerprint density at radius 1 is 1.56 bits per heavy atom. The van der Waals surface area contributed by atoms with Gasteiger partial charge in [0, 0.05) is 12.6 Å². The molecule has 1 aromatic heterocycles. The Balaban J connectivity index is 1.83. The molecule has 1 saturated heterocycles. The first-order valence-electron chi connectivity index (χ1n) is 6.36. The quantitative estimate of drug-likeness (QED) is 0.800. The van der Waals surface area contributed by atoms with Crippen LogP contribution < -0.4 is 5.32 Å². The first-order valence-corrected chi connectivity index (χ1v) is 6.36. The summed E-state index contributed by atoms with van der Waals surface area (Å²) in [6.45, 7) is 6.66. The van der Waals surface area contributed by atoms with Gasteiger partial charge in [-0.05, 0) is 44.5 Å². The minimum atomic E-state index is 0.682. The maximum atomic E-state index is 5.41. The van der Waals surface area contributed by atoms with Crippen molar-refractivity contribution in [3.63, 3.8) is 0 Å². The smallest absolute Gasteiger partial charge is 0.117 e. The zero-order chi connectivity index (χ0) is 11.2. The van der Waals surface area contributed by atoms with E-state index in [4.69, 9.17) is 4.42 Å². The van der Waals surface area contributed by atoms with Crippen LogP contribution in [-0.2, 0) is 6.54 Å². The summed E-state index contributed by atoms with van der Waals surface area (Å²) in [6.07, 6.45) is 5.60. The monoisotopic (exact) mass is 222 g/mol. The summed E-state index contributed by atoms with van der Waals surface area (Å²) in [5, 5.41) is 3.55. The zero-order valence-corrected chi connectivity index (χ0v) is 10.1. The summed E-state index contributed by atoms with van der Waals surface area (Å²) in [6, 6.07) is 4.71. The lowest BCUT2D eigenvalue weighted by Crippen LogP contribution is -2.37. The van der Waals surface area contributed by atoms with E-state index in [0.717, 1.165) is 25.4 Å². The SMILES string of the molecule is CCCN(Cc1ccco1)CC1CCCN1. The minimum Gasteiger partial charge on any atom is -0.468 e. The van der Waals surface area contributed by atoms with Crippen LogP contribution in [0.5, 0.6) is 0 Å². The zero-order valence-electron chi connectivity index (χ0n) is 10.1. The highest BCUT2D eigenvalue weighted by atomic mass is 16.3. The average molecular weight is 222 g/mol. The normalized spacial score (nSPS) is 20.8. The summed E-state index contributed by atoms with van der Waals surface area (Å²) < 4.78 is 5.41. The molecule has 0 aromatic carbocycles. The molecule has 2 heterocycles. The Morgan fingerprint density at radius 3 is 3.12 bits per heavy atom. The van der Waals surface area contributed by atoms with E-state index in [9.17, 15) is 0 Å². The molecule has 16 heavy (non-hydrogen) atoms. The molecule has 0 spiro atoms. The van der Waals surface area contributed by atoms with Crippen LogP contribution in [0, 0.1) is 0 Å². The van der Waals surface area contributed by atoms with E-state index < -0.39 is 0 Å². The van der Waals surface area contributed by atoms with E-state index in [2.05, 4.69) is 23.2 Å². The molecule has 3 heteroatoms. The lowest BCUT2D eigenvalue weighted by Gasteiger charge is -2.24. The fourth-order valence-electron chi connectivity index (χ4n) is 2.40. The van der Waals surface area contributed by atoms with Crippen LogP contribution in [0.25, 0.3) is 0 Å². The molecule has 0 bridgehead atoms. The Morgan fingerprint density at radius 2 is 2.50 bits per heavy atom. The van der Waals surface area contributed by atoms with Crippen molar-refractivity contribution in [3.8, 4) is 0 Å². The Labute approximate surface area is 97.8 Å². The van der Waals surface area contributed by atoms with E-state index in [1.807, 2.05) is 6.07 Å². The van der Waals surface area contributed by atoms with Crippen molar-refractivity contribution in [2.75, 3.05) is 19.6 Å². The molecule has 3 nitrogen and oxygen atoms in total. The van der Waals surface area contributed by atoms with Gasteiger partial charge >= 0.3 is 0 Å². The lowest BCUT2D eigenvalue weighted by molar-refractivity contribution is 0.223. The maximum absolute atomic E-state index is 5.41. The molecular weight excluding hydrogens is 200 g/mol. The third-order valence-electron chi connectivity index (χ3n) is 3.14. The van der Waals surface area contributed by atoms with Gasteiger partial charge in [-0.2, -0.15) is 0 Å². The topological polar surface area (TPSA) is 28.4 Å². The van der Waals surface area contributed by atoms with Crippen molar-refractivity contribution in [2.24, 2.45) is 0 Å². The highest BCUT2D eigenvalue weighted by Gasteiger charge is 2.17. The van der Waals surface area contributed by atoms with Crippen molar-refractivity contribution in [1.82, 2.24) is 10.2 Å². The van der Waals surface area contributed by atoms with Gasteiger partial charge in [0.1, 0.15) is 5.76 Å². The van der Waals surface area contributed by atoms with Gasteiger partial charge in [-0.25, -0.2) is 0 Å². The van der Waals surface area contributed by atoms with Crippen molar-refractivity contribution in [2.45, 2.75) is 38.8 Å². The largest absolute Gasteiger partial charge is 0.468 e. The Kier molecular flexibility index (Phi) is 4.43. The number of furan rings is 1. The van der Waals surface area contributed by atoms with E-state index in [1.54, 1.807) is 6.26 Å². The van der Waals surface area contributed by atoms with Gasteiger partial charge in [-0.15, -0.1) is 0 Å². The molecule has 1 aliphatic heterocycles. The highest BCUT2D eigenvalue weighted by molar-refractivity contribution is 4.98. The highest BCUT2D eigenvalue weighted by Crippen LogP contribution is 2.11. The first kappa shape index (κ1) is 11.7. The van der Waals surface area contributed by atoms with Crippen LogP contribution in [0.15, 0.2) is 22.8 Å².